The molecular weight excluding hydrogens is 398 g/mol. The van der Waals surface area contributed by atoms with Crippen molar-refractivity contribution in [1.29, 1.82) is 0 Å². The van der Waals surface area contributed by atoms with E-state index in [9.17, 15) is 18.0 Å². The van der Waals surface area contributed by atoms with Gasteiger partial charge in [0, 0.05) is 28.3 Å². The predicted molar refractivity (Wildman–Crippen MR) is 102 cm³/mol. The van der Waals surface area contributed by atoms with Gasteiger partial charge in [0.15, 0.2) is 16.4 Å². The highest BCUT2D eigenvalue weighted by Gasteiger charge is 2.34. The Hall–Kier alpha value is -1.25. The van der Waals surface area contributed by atoms with Crippen LogP contribution in [0.25, 0.3) is 0 Å². The Bertz CT molecular complexity index is 736. The van der Waals surface area contributed by atoms with Crippen LogP contribution in [0.15, 0.2) is 29.2 Å². The zero-order chi connectivity index (χ0) is 19.2. The van der Waals surface area contributed by atoms with Gasteiger partial charge in [-0.1, -0.05) is 11.6 Å². The summed E-state index contributed by atoms with van der Waals surface area (Å²) in [6, 6.07) is 6.98. The molecule has 2 rings (SSSR count). The molecule has 1 aromatic rings. The lowest BCUT2D eigenvalue weighted by Crippen LogP contribution is -2.43. The van der Waals surface area contributed by atoms with Crippen LogP contribution < -0.4 is 0 Å². The Labute approximate surface area is 163 Å². The number of hydrogen-bond acceptors (Lipinski definition) is 6. The van der Waals surface area contributed by atoms with Crippen LogP contribution in [0.2, 0.25) is 5.02 Å². The number of likely N-dealkylation sites (N-methyl/N-ethyl adjacent to an activating group) is 1. The van der Waals surface area contributed by atoms with E-state index in [1.54, 1.807) is 19.1 Å². The summed E-state index contributed by atoms with van der Waals surface area (Å²) in [6.45, 7) is 1.82. The number of halogens is 1. The Morgan fingerprint density at radius 3 is 2.58 bits per heavy atom. The summed E-state index contributed by atoms with van der Waals surface area (Å²) >= 11 is 7.32. The lowest BCUT2D eigenvalue weighted by atomic mass is 10.2. The van der Waals surface area contributed by atoms with Crippen molar-refractivity contribution in [2.45, 2.75) is 30.7 Å². The molecule has 1 aliphatic rings. The van der Waals surface area contributed by atoms with Gasteiger partial charge in [0.1, 0.15) is 0 Å². The fourth-order valence-corrected chi connectivity index (χ4v) is 5.43. The van der Waals surface area contributed by atoms with Crippen LogP contribution >= 0.6 is 23.4 Å². The van der Waals surface area contributed by atoms with Crippen LogP contribution in [0.5, 0.6) is 0 Å². The van der Waals surface area contributed by atoms with E-state index < -0.39 is 15.8 Å². The molecule has 0 saturated carbocycles. The summed E-state index contributed by atoms with van der Waals surface area (Å²) < 4.78 is 28.2. The maximum absolute atomic E-state index is 12.2. The number of rotatable bonds is 8. The quantitative estimate of drug-likeness (QED) is 0.475. The molecule has 144 valence electrons. The fraction of sp³-hybridized carbons (Fsp3) is 0.529. The minimum Gasteiger partial charge on any atom is -0.456 e. The maximum atomic E-state index is 12.2. The van der Waals surface area contributed by atoms with E-state index in [1.165, 1.54) is 16.7 Å². The van der Waals surface area contributed by atoms with E-state index in [0.29, 0.717) is 23.7 Å². The Kier molecular flexibility index (Phi) is 7.79. The van der Waals surface area contributed by atoms with E-state index in [1.807, 2.05) is 12.1 Å². The van der Waals surface area contributed by atoms with Crippen LogP contribution in [0.4, 0.5) is 0 Å². The molecule has 1 atom stereocenters. The van der Waals surface area contributed by atoms with Crippen molar-refractivity contribution in [2.75, 3.05) is 30.4 Å². The normalized spacial score (nSPS) is 18.5. The van der Waals surface area contributed by atoms with Crippen LogP contribution in [-0.4, -0.2) is 61.6 Å². The average molecular weight is 420 g/mol. The lowest BCUT2D eigenvalue weighted by molar-refractivity contribution is -0.152. The number of carbonyl (C=O) groups excluding carboxylic acids is 2. The van der Waals surface area contributed by atoms with Crippen molar-refractivity contribution < 1.29 is 22.7 Å². The summed E-state index contributed by atoms with van der Waals surface area (Å²) in [5.74, 6) is -0.183. The van der Waals surface area contributed by atoms with Crippen LogP contribution in [0, 0.1) is 0 Å². The smallest absolute Gasteiger partial charge is 0.307 e. The molecule has 0 bridgehead atoms. The third kappa shape index (κ3) is 6.48. The Morgan fingerprint density at radius 1 is 1.31 bits per heavy atom. The van der Waals surface area contributed by atoms with Crippen molar-refractivity contribution in [3.63, 3.8) is 0 Å². The van der Waals surface area contributed by atoms with E-state index in [4.69, 9.17) is 16.3 Å². The zero-order valence-corrected chi connectivity index (χ0v) is 16.9. The van der Waals surface area contributed by atoms with Gasteiger partial charge in [-0.3, -0.25) is 9.59 Å². The van der Waals surface area contributed by atoms with Gasteiger partial charge in [-0.05, 0) is 37.6 Å². The number of benzene rings is 1. The standard InChI is InChI=1S/C17H22ClNO5S2/c1-2-19(14-8-10-26(22,23)12-14)16(20)11-24-17(21)7-9-25-15-5-3-13(18)4-6-15/h3-6,14H,2,7-12H2,1H3. The number of carbonyl (C=O) groups is 2. The van der Waals surface area contributed by atoms with Gasteiger partial charge >= 0.3 is 5.97 Å². The van der Waals surface area contributed by atoms with Gasteiger partial charge in [-0.25, -0.2) is 8.42 Å². The second kappa shape index (κ2) is 9.62. The van der Waals surface area contributed by atoms with E-state index in [2.05, 4.69) is 0 Å². The second-order valence-electron chi connectivity index (χ2n) is 5.95. The van der Waals surface area contributed by atoms with E-state index >= 15 is 0 Å². The summed E-state index contributed by atoms with van der Waals surface area (Å²) in [4.78, 5) is 26.5. The molecule has 1 fully saturated rings. The molecule has 1 unspecified atom stereocenters. The number of hydrogen-bond donors (Lipinski definition) is 0. The van der Waals surface area contributed by atoms with Crippen molar-refractivity contribution >= 4 is 45.1 Å². The molecule has 1 amide bonds. The predicted octanol–water partition coefficient (Wildman–Crippen LogP) is 2.40. The average Bonchev–Trinajstić information content (AvgIpc) is 2.95. The number of sulfone groups is 1. The number of ether oxygens (including phenoxy) is 1. The highest BCUT2D eigenvalue weighted by atomic mass is 35.5. The van der Waals surface area contributed by atoms with Gasteiger partial charge in [0.25, 0.3) is 5.91 Å². The summed E-state index contributed by atoms with van der Waals surface area (Å²) in [5.41, 5.74) is 0. The van der Waals surface area contributed by atoms with Gasteiger partial charge in [-0.15, -0.1) is 11.8 Å². The third-order valence-electron chi connectivity index (χ3n) is 4.06. The summed E-state index contributed by atoms with van der Waals surface area (Å²) in [5, 5.41) is 0.655. The molecule has 1 aromatic carbocycles. The number of amides is 1. The first-order valence-corrected chi connectivity index (χ1v) is 11.5. The molecule has 0 aliphatic carbocycles. The summed E-state index contributed by atoms with van der Waals surface area (Å²) in [7, 11) is -3.07. The first kappa shape index (κ1) is 21.1. The maximum Gasteiger partial charge on any atom is 0.307 e. The first-order chi connectivity index (χ1) is 12.3. The van der Waals surface area contributed by atoms with E-state index in [-0.39, 0.29) is 36.5 Å². The van der Waals surface area contributed by atoms with Gasteiger partial charge < -0.3 is 9.64 Å². The molecule has 6 nitrogen and oxygen atoms in total. The molecule has 0 spiro atoms. The highest BCUT2D eigenvalue weighted by molar-refractivity contribution is 7.99. The van der Waals surface area contributed by atoms with Crippen LogP contribution in [-0.2, 0) is 24.2 Å². The molecule has 26 heavy (non-hydrogen) atoms. The molecule has 1 aliphatic heterocycles. The lowest BCUT2D eigenvalue weighted by Gasteiger charge is -2.26. The van der Waals surface area contributed by atoms with Crippen molar-refractivity contribution in [2.24, 2.45) is 0 Å². The number of nitrogens with zero attached hydrogens (tertiary/aromatic N) is 1. The van der Waals surface area contributed by atoms with E-state index in [0.717, 1.165) is 4.90 Å². The minimum absolute atomic E-state index is 0.0156. The monoisotopic (exact) mass is 419 g/mol. The number of thioether (sulfide) groups is 1. The largest absolute Gasteiger partial charge is 0.456 e. The van der Waals surface area contributed by atoms with Gasteiger partial charge in [-0.2, -0.15) is 0 Å². The van der Waals surface area contributed by atoms with Crippen LogP contribution in [0.3, 0.4) is 0 Å². The highest BCUT2D eigenvalue weighted by Crippen LogP contribution is 2.21. The molecule has 1 saturated heterocycles. The molecule has 0 radical (unpaired) electrons. The zero-order valence-electron chi connectivity index (χ0n) is 14.5. The Morgan fingerprint density at radius 2 is 2.00 bits per heavy atom. The topological polar surface area (TPSA) is 80.8 Å². The molecule has 0 aromatic heterocycles. The summed E-state index contributed by atoms with van der Waals surface area (Å²) in [6.07, 6.45) is 0.623. The van der Waals surface area contributed by atoms with Crippen LogP contribution in [0.1, 0.15) is 19.8 Å². The van der Waals surface area contributed by atoms with Gasteiger partial charge in [0.05, 0.1) is 17.9 Å². The third-order valence-corrected chi connectivity index (χ3v) is 7.07. The first-order valence-electron chi connectivity index (χ1n) is 8.34. The molecule has 9 heteroatoms. The van der Waals surface area contributed by atoms with Crippen molar-refractivity contribution in [3.8, 4) is 0 Å². The molecular formula is C17H22ClNO5S2. The molecule has 0 N–H and O–H groups in total. The van der Waals surface area contributed by atoms with Gasteiger partial charge in [0.2, 0.25) is 0 Å². The second-order valence-corrected chi connectivity index (χ2v) is 9.78. The Balaban J connectivity index is 1.71. The fourth-order valence-electron chi connectivity index (χ4n) is 2.74. The SMILES string of the molecule is CCN(C(=O)COC(=O)CCSc1ccc(Cl)cc1)C1CCS(=O)(=O)C1. The molecule has 1 heterocycles. The van der Waals surface area contributed by atoms with Crippen molar-refractivity contribution in [1.82, 2.24) is 4.90 Å². The van der Waals surface area contributed by atoms with Crippen molar-refractivity contribution in [3.05, 3.63) is 29.3 Å². The number of esters is 1. The minimum atomic E-state index is -3.07.